The van der Waals surface area contributed by atoms with Gasteiger partial charge in [-0.2, -0.15) is 0 Å². The van der Waals surface area contributed by atoms with Gasteiger partial charge in [0, 0.05) is 39.1 Å². The summed E-state index contributed by atoms with van der Waals surface area (Å²) < 4.78 is 5.61. The first kappa shape index (κ1) is 22.7. The number of urea groups is 1. The quantitative estimate of drug-likeness (QED) is 0.708. The first-order valence-corrected chi connectivity index (χ1v) is 12.6. The summed E-state index contributed by atoms with van der Waals surface area (Å²) in [4.78, 5) is 32.2. The number of nitrogens with one attached hydrogen (secondary N) is 1. The summed E-state index contributed by atoms with van der Waals surface area (Å²) in [5.41, 5.74) is 2.22. The predicted octanol–water partition coefficient (Wildman–Crippen LogP) is 3.22. The van der Waals surface area contributed by atoms with E-state index in [-0.39, 0.29) is 17.4 Å². The van der Waals surface area contributed by atoms with Gasteiger partial charge in [-0.3, -0.25) is 14.6 Å². The molecule has 0 atom stereocenters. The smallest absolute Gasteiger partial charge is 0.326 e. The van der Waals surface area contributed by atoms with Gasteiger partial charge in [-0.15, -0.1) is 0 Å². The number of hydrogen-bond acceptors (Lipinski definition) is 5. The summed E-state index contributed by atoms with van der Waals surface area (Å²) in [5.74, 6) is 1.62. The van der Waals surface area contributed by atoms with Crippen molar-refractivity contribution >= 4 is 11.9 Å². The lowest BCUT2D eigenvalue weighted by Gasteiger charge is -2.41. The first-order chi connectivity index (χ1) is 15.7. The zero-order valence-corrected chi connectivity index (χ0v) is 20.4. The van der Waals surface area contributed by atoms with Crippen molar-refractivity contribution in [2.24, 2.45) is 11.3 Å². The molecule has 4 aliphatic rings. The lowest BCUT2D eigenvalue weighted by atomic mass is 9.67. The molecule has 1 aromatic rings. The molecule has 3 aliphatic heterocycles. The van der Waals surface area contributed by atoms with Crippen molar-refractivity contribution in [1.82, 2.24) is 20.0 Å². The van der Waals surface area contributed by atoms with Gasteiger partial charge in [0.25, 0.3) is 5.91 Å². The second-order valence-electron chi connectivity index (χ2n) is 11.5. The summed E-state index contributed by atoms with van der Waals surface area (Å²) >= 11 is 0. The van der Waals surface area contributed by atoms with E-state index in [0.29, 0.717) is 12.6 Å². The number of carbonyl (C=O) groups is 2. The van der Waals surface area contributed by atoms with E-state index in [0.717, 1.165) is 77.2 Å². The maximum atomic E-state index is 13.3. The Morgan fingerprint density at radius 2 is 1.76 bits per heavy atom. The summed E-state index contributed by atoms with van der Waals surface area (Å²) in [5, 5.41) is 3.08. The van der Waals surface area contributed by atoms with Crippen molar-refractivity contribution < 1.29 is 14.3 Å². The van der Waals surface area contributed by atoms with E-state index in [4.69, 9.17) is 4.74 Å². The second-order valence-corrected chi connectivity index (χ2v) is 11.5. The van der Waals surface area contributed by atoms with Crippen LogP contribution in [-0.2, 0) is 17.8 Å². The van der Waals surface area contributed by atoms with Crippen molar-refractivity contribution in [3.8, 4) is 5.75 Å². The van der Waals surface area contributed by atoms with Crippen LogP contribution >= 0.6 is 0 Å². The molecule has 1 spiro atoms. The number of fused-ring (bicyclic) bond motifs is 1. The molecule has 33 heavy (non-hydrogen) atoms. The Morgan fingerprint density at radius 1 is 1.06 bits per heavy atom. The Bertz CT molecular complexity index is 909. The van der Waals surface area contributed by atoms with Gasteiger partial charge in [-0.1, -0.05) is 32.9 Å². The van der Waals surface area contributed by atoms with E-state index >= 15 is 0 Å². The highest BCUT2D eigenvalue weighted by Crippen LogP contribution is 2.43. The molecule has 7 nitrogen and oxygen atoms in total. The zero-order valence-electron chi connectivity index (χ0n) is 20.4. The van der Waals surface area contributed by atoms with Gasteiger partial charge in [0.05, 0.1) is 13.3 Å². The van der Waals surface area contributed by atoms with Crippen molar-refractivity contribution in [3.05, 3.63) is 29.3 Å². The molecule has 1 saturated carbocycles. The number of ether oxygens (including phenoxy) is 1. The van der Waals surface area contributed by atoms with Crippen LogP contribution in [0.25, 0.3) is 0 Å². The Hall–Kier alpha value is -2.12. The maximum absolute atomic E-state index is 13.3. The van der Waals surface area contributed by atoms with Crippen LogP contribution in [0.1, 0.15) is 57.6 Å². The summed E-state index contributed by atoms with van der Waals surface area (Å²) in [7, 11) is 0. The van der Waals surface area contributed by atoms with Crippen LogP contribution < -0.4 is 10.1 Å². The molecule has 180 valence electrons. The maximum Gasteiger partial charge on any atom is 0.326 e. The lowest BCUT2D eigenvalue weighted by molar-refractivity contribution is -0.134. The fraction of sp³-hybridized carbons (Fsp3) is 0.692. The third-order valence-electron chi connectivity index (χ3n) is 8.28. The van der Waals surface area contributed by atoms with Crippen molar-refractivity contribution in [3.63, 3.8) is 0 Å². The summed E-state index contributed by atoms with van der Waals surface area (Å²) in [6.07, 6.45) is 4.51. The van der Waals surface area contributed by atoms with Gasteiger partial charge in [0.15, 0.2) is 0 Å². The topological polar surface area (TPSA) is 65.1 Å². The monoisotopic (exact) mass is 454 g/mol. The Morgan fingerprint density at radius 3 is 2.45 bits per heavy atom. The average molecular weight is 455 g/mol. The van der Waals surface area contributed by atoms with Crippen LogP contribution in [0.2, 0.25) is 0 Å². The molecule has 1 N–H and O–H groups in total. The molecule has 7 heteroatoms. The molecule has 3 fully saturated rings. The molecular weight excluding hydrogens is 416 g/mol. The molecule has 5 rings (SSSR count). The molecule has 0 aromatic heterocycles. The number of imide groups is 1. The minimum absolute atomic E-state index is 0.0114. The van der Waals surface area contributed by atoms with Crippen LogP contribution in [0.3, 0.4) is 0 Å². The van der Waals surface area contributed by atoms with Crippen LogP contribution in [0.5, 0.6) is 5.75 Å². The van der Waals surface area contributed by atoms with Crippen LogP contribution in [-0.4, -0.2) is 71.6 Å². The molecular formula is C26H38N4O3. The van der Waals surface area contributed by atoms with Gasteiger partial charge in [-0.05, 0) is 54.2 Å². The number of hydrogen-bond donors (Lipinski definition) is 1. The molecule has 0 radical (unpaired) electrons. The Kier molecular flexibility index (Phi) is 5.90. The van der Waals surface area contributed by atoms with E-state index in [2.05, 4.69) is 54.1 Å². The highest BCUT2D eigenvalue weighted by molar-refractivity contribution is 6.07. The van der Waals surface area contributed by atoms with E-state index < -0.39 is 5.54 Å². The van der Waals surface area contributed by atoms with Crippen molar-refractivity contribution in [2.75, 3.05) is 39.5 Å². The molecule has 0 bridgehead atoms. The average Bonchev–Trinajstić information content (AvgIpc) is 3.33. The largest absolute Gasteiger partial charge is 0.493 e. The standard InChI is InChI=1S/C26H38N4O3/c1-25(2,3)21-6-9-26(10-7-21)23(31)30(24(32)27-26)18-29-13-11-28(12-14-29)17-19-4-5-22-20(16-19)8-15-33-22/h4-5,16,21H,6-15,17-18H2,1-3H3,(H,27,32). The number of carbonyl (C=O) groups excluding carboxylic acids is 2. The van der Waals surface area contributed by atoms with E-state index in [1.54, 1.807) is 0 Å². The normalized spacial score (nSPS) is 28.8. The minimum atomic E-state index is -0.669. The number of benzene rings is 1. The number of nitrogens with zero attached hydrogens (tertiary/aromatic N) is 3. The molecule has 3 heterocycles. The summed E-state index contributed by atoms with van der Waals surface area (Å²) in [6, 6.07) is 6.32. The van der Waals surface area contributed by atoms with Crippen LogP contribution in [0.4, 0.5) is 4.79 Å². The third-order valence-corrected chi connectivity index (χ3v) is 8.28. The number of amides is 3. The predicted molar refractivity (Wildman–Crippen MR) is 127 cm³/mol. The van der Waals surface area contributed by atoms with Crippen LogP contribution in [0, 0.1) is 11.3 Å². The van der Waals surface area contributed by atoms with Gasteiger partial charge in [-0.25, -0.2) is 9.69 Å². The Balaban J connectivity index is 1.13. The zero-order chi connectivity index (χ0) is 23.2. The van der Waals surface area contributed by atoms with Gasteiger partial charge in [0.1, 0.15) is 11.3 Å². The molecule has 0 unspecified atom stereocenters. The lowest BCUT2D eigenvalue weighted by Crippen LogP contribution is -2.53. The van der Waals surface area contributed by atoms with Crippen LogP contribution in [0.15, 0.2) is 18.2 Å². The molecule has 3 amide bonds. The summed E-state index contributed by atoms with van der Waals surface area (Å²) in [6.45, 7) is 12.6. The number of piperazine rings is 1. The first-order valence-electron chi connectivity index (χ1n) is 12.6. The van der Waals surface area contributed by atoms with Crippen molar-refractivity contribution in [2.45, 2.75) is 65.0 Å². The van der Waals surface area contributed by atoms with Gasteiger partial charge < -0.3 is 10.1 Å². The van der Waals surface area contributed by atoms with E-state index in [9.17, 15) is 9.59 Å². The van der Waals surface area contributed by atoms with E-state index in [1.165, 1.54) is 16.0 Å². The minimum Gasteiger partial charge on any atom is -0.493 e. The second kappa shape index (κ2) is 8.58. The highest BCUT2D eigenvalue weighted by Gasteiger charge is 2.53. The fourth-order valence-corrected chi connectivity index (χ4v) is 6.01. The molecule has 2 saturated heterocycles. The highest BCUT2D eigenvalue weighted by atomic mass is 16.5. The molecule has 1 aliphatic carbocycles. The Labute approximate surface area is 197 Å². The van der Waals surface area contributed by atoms with Crippen molar-refractivity contribution in [1.29, 1.82) is 0 Å². The number of rotatable bonds is 4. The van der Waals surface area contributed by atoms with Gasteiger partial charge >= 0.3 is 6.03 Å². The van der Waals surface area contributed by atoms with Gasteiger partial charge in [0.2, 0.25) is 0 Å². The SMILES string of the molecule is CC(C)(C)C1CCC2(CC1)NC(=O)N(CN1CCN(Cc3ccc4c(c3)CCO4)CC1)C2=O. The molecule has 1 aromatic carbocycles. The third kappa shape index (κ3) is 4.50. The van der Waals surface area contributed by atoms with E-state index in [1.807, 2.05) is 0 Å². The fourth-order valence-electron chi connectivity index (χ4n) is 6.01.